The number of halogens is 1. The Hall–Kier alpha value is -4.04. The van der Waals surface area contributed by atoms with Crippen LogP contribution >= 0.6 is 0 Å². The van der Waals surface area contributed by atoms with Crippen LogP contribution in [0.2, 0.25) is 0 Å². The third kappa shape index (κ3) is 3.64. The number of nitriles is 1. The summed E-state index contributed by atoms with van der Waals surface area (Å²) in [7, 11) is 1.69. The maximum absolute atomic E-state index is 14.8. The summed E-state index contributed by atoms with van der Waals surface area (Å²) in [5, 5.41) is 13.7. The summed E-state index contributed by atoms with van der Waals surface area (Å²) in [6.07, 6.45) is 4.88. The highest BCUT2D eigenvalue weighted by atomic mass is 19.1. The molecule has 1 fully saturated rings. The lowest BCUT2D eigenvalue weighted by Crippen LogP contribution is -2.43. The van der Waals surface area contributed by atoms with Crippen molar-refractivity contribution in [3.63, 3.8) is 0 Å². The lowest BCUT2D eigenvalue weighted by Gasteiger charge is -2.32. The zero-order valence-corrected chi connectivity index (χ0v) is 18.2. The van der Waals surface area contributed by atoms with Crippen molar-refractivity contribution in [2.24, 2.45) is 5.73 Å². The molecular weight excluding hydrogens is 425 g/mol. The first-order valence-corrected chi connectivity index (χ1v) is 10.6. The van der Waals surface area contributed by atoms with Crippen LogP contribution in [0, 0.1) is 24.1 Å². The minimum absolute atomic E-state index is 0.0242. The van der Waals surface area contributed by atoms with Crippen LogP contribution in [0.5, 0.6) is 11.8 Å². The smallest absolute Gasteiger partial charge is 0.326 e. The van der Waals surface area contributed by atoms with Crippen molar-refractivity contribution in [2.75, 3.05) is 30.4 Å². The summed E-state index contributed by atoms with van der Waals surface area (Å²) in [4.78, 5) is 22.7. The highest BCUT2D eigenvalue weighted by Gasteiger charge is 2.27. The minimum Gasteiger partial charge on any atom is -0.421 e. The number of aryl methyl sites for hydroxylation is 1. The Kier molecular flexibility index (Phi) is 5.14. The SMILES string of the molecule is CNc1cc(F)c(C#N)c2c1[nH]c1nc(Oc3cnc(C)nc3)nc(N3CCCC(N)C3)c12. The van der Waals surface area contributed by atoms with Gasteiger partial charge in [-0.2, -0.15) is 15.2 Å². The summed E-state index contributed by atoms with van der Waals surface area (Å²) in [6.45, 7) is 3.07. The minimum atomic E-state index is -0.617. The van der Waals surface area contributed by atoms with E-state index in [9.17, 15) is 9.65 Å². The van der Waals surface area contributed by atoms with E-state index in [1.807, 2.05) is 11.0 Å². The third-order valence-electron chi connectivity index (χ3n) is 5.75. The predicted octanol–water partition coefficient (Wildman–Crippen LogP) is 2.98. The number of H-pyrrole nitrogens is 1. The van der Waals surface area contributed by atoms with Crippen molar-refractivity contribution in [2.45, 2.75) is 25.8 Å². The zero-order valence-electron chi connectivity index (χ0n) is 18.2. The number of anilines is 2. The van der Waals surface area contributed by atoms with Gasteiger partial charge < -0.3 is 25.7 Å². The molecule has 4 heterocycles. The summed E-state index contributed by atoms with van der Waals surface area (Å²) in [6, 6.07) is 3.35. The van der Waals surface area contributed by atoms with Crippen molar-refractivity contribution in [3.05, 3.63) is 35.7 Å². The monoisotopic (exact) mass is 447 g/mol. The van der Waals surface area contributed by atoms with Crippen LogP contribution in [-0.2, 0) is 0 Å². The number of nitrogens with zero attached hydrogens (tertiary/aromatic N) is 6. The Morgan fingerprint density at radius 3 is 2.79 bits per heavy atom. The molecule has 0 bridgehead atoms. The number of benzene rings is 1. The van der Waals surface area contributed by atoms with Gasteiger partial charge in [-0.25, -0.2) is 14.4 Å². The van der Waals surface area contributed by atoms with Crippen LogP contribution < -0.4 is 20.7 Å². The number of aromatic nitrogens is 5. The largest absolute Gasteiger partial charge is 0.421 e. The van der Waals surface area contributed by atoms with Crippen LogP contribution in [0.3, 0.4) is 0 Å². The van der Waals surface area contributed by atoms with E-state index >= 15 is 0 Å². The van der Waals surface area contributed by atoms with Crippen LogP contribution in [-0.4, -0.2) is 51.1 Å². The first-order valence-electron chi connectivity index (χ1n) is 10.6. The number of fused-ring (bicyclic) bond motifs is 3. The first-order chi connectivity index (χ1) is 16.0. The Morgan fingerprint density at radius 2 is 2.09 bits per heavy atom. The lowest BCUT2D eigenvalue weighted by molar-refractivity contribution is 0.436. The second-order valence-corrected chi connectivity index (χ2v) is 7.99. The van der Waals surface area contributed by atoms with Gasteiger partial charge >= 0.3 is 6.01 Å². The fraction of sp³-hybridized carbons (Fsp3) is 0.318. The van der Waals surface area contributed by atoms with E-state index in [1.54, 1.807) is 26.4 Å². The number of hydrogen-bond donors (Lipinski definition) is 3. The average Bonchev–Trinajstić information content (AvgIpc) is 3.19. The van der Waals surface area contributed by atoms with Gasteiger partial charge in [-0.1, -0.05) is 0 Å². The molecule has 0 spiro atoms. The van der Waals surface area contributed by atoms with Crippen LogP contribution in [0.4, 0.5) is 15.9 Å². The number of nitrogens with one attached hydrogen (secondary N) is 2. The Bertz CT molecular complexity index is 1390. The summed E-state index contributed by atoms with van der Waals surface area (Å²) in [5.41, 5.74) is 7.67. The van der Waals surface area contributed by atoms with Crippen molar-refractivity contribution >= 4 is 33.4 Å². The predicted molar refractivity (Wildman–Crippen MR) is 122 cm³/mol. The molecule has 4 N–H and O–H groups in total. The van der Waals surface area contributed by atoms with Gasteiger partial charge in [0.1, 0.15) is 29.2 Å². The number of ether oxygens (including phenoxy) is 1. The van der Waals surface area contributed by atoms with Gasteiger partial charge in [0.25, 0.3) is 0 Å². The Morgan fingerprint density at radius 1 is 1.30 bits per heavy atom. The van der Waals surface area contributed by atoms with E-state index in [2.05, 4.69) is 30.2 Å². The molecule has 168 valence electrons. The fourth-order valence-corrected chi connectivity index (χ4v) is 4.22. The highest BCUT2D eigenvalue weighted by molar-refractivity contribution is 6.17. The lowest BCUT2D eigenvalue weighted by atomic mass is 10.0. The summed E-state index contributed by atoms with van der Waals surface area (Å²) >= 11 is 0. The second-order valence-electron chi connectivity index (χ2n) is 7.99. The number of nitrogens with two attached hydrogens (primary N) is 1. The zero-order chi connectivity index (χ0) is 23.1. The van der Waals surface area contributed by atoms with Gasteiger partial charge in [0.05, 0.1) is 34.5 Å². The molecule has 0 radical (unpaired) electrons. The van der Waals surface area contributed by atoms with Gasteiger partial charge in [0, 0.05) is 37.6 Å². The van der Waals surface area contributed by atoms with E-state index in [4.69, 9.17) is 10.5 Å². The fourth-order valence-electron chi connectivity index (χ4n) is 4.22. The molecule has 0 aliphatic carbocycles. The van der Waals surface area contributed by atoms with Crippen LogP contribution in [0.1, 0.15) is 24.2 Å². The van der Waals surface area contributed by atoms with E-state index in [-0.39, 0.29) is 17.6 Å². The second kappa shape index (κ2) is 8.14. The molecule has 10 nitrogen and oxygen atoms in total. The first kappa shape index (κ1) is 20.8. The number of piperidine rings is 1. The highest BCUT2D eigenvalue weighted by Crippen LogP contribution is 2.39. The maximum Gasteiger partial charge on any atom is 0.326 e. The molecule has 0 amide bonds. The molecule has 1 atom stereocenters. The Labute approximate surface area is 188 Å². The molecule has 11 heteroatoms. The molecule has 1 aromatic carbocycles. The molecule has 1 aliphatic heterocycles. The molecule has 0 saturated carbocycles. The van der Waals surface area contributed by atoms with E-state index in [0.29, 0.717) is 51.6 Å². The van der Waals surface area contributed by atoms with Crippen molar-refractivity contribution in [1.29, 1.82) is 5.26 Å². The van der Waals surface area contributed by atoms with Crippen molar-refractivity contribution < 1.29 is 9.13 Å². The molecule has 1 saturated heterocycles. The molecular formula is C22H22FN9O. The topological polar surface area (TPSA) is 142 Å². The van der Waals surface area contributed by atoms with Gasteiger partial charge in [-0.3, -0.25) is 0 Å². The van der Waals surface area contributed by atoms with E-state index in [0.717, 1.165) is 19.4 Å². The van der Waals surface area contributed by atoms with Gasteiger partial charge in [0.15, 0.2) is 5.75 Å². The summed E-state index contributed by atoms with van der Waals surface area (Å²) < 4.78 is 20.7. The van der Waals surface area contributed by atoms with Crippen molar-refractivity contribution in [1.82, 2.24) is 24.9 Å². The molecule has 3 aromatic heterocycles. The van der Waals surface area contributed by atoms with Gasteiger partial charge in [0.2, 0.25) is 0 Å². The quantitative estimate of drug-likeness (QED) is 0.430. The van der Waals surface area contributed by atoms with Gasteiger partial charge in [-0.05, 0) is 19.8 Å². The van der Waals surface area contributed by atoms with Crippen LogP contribution in [0.25, 0.3) is 21.9 Å². The van der Waals surface area contributed by atoms with Crippen molar-refractivity contribution in [3.8, 4) is 17.8 Å². The number of rotatable bonds is 4. The Balaban J connectivity index is 1.78. The van der Waals surface area contributed by atoms with E-state index in [1.165, 1.54) is 6.07 Å². The molecule has 33 heavy (non-hydrogen) atoms. The van der Waals surface area contributed by atoms with E-state index < -0.39 is 5.82 Å². The normalized spacial score (nSPS) is 16.2. The molecule has 1 aliphatic rings. The van der Waals surface area contributed by atoms with Crippen LogP contribution in [0.15, 0.2) is 18.5 Å². The summed E-state index contributed by atoms with van der Waals surface area (Å²) in [5.74, 6) is 0.919. The molecule has 4 aromatic rings. The number of aromatic amines is 1. The molecule has 1 unspecified atom stereocenters. The third-order valence-corrected chi connectivity index (χ3v) is 5.75. The maximum atomic E-state index is 14.8. The average molecular weight is 447 g/mol. The molecule has 5 rings (SSSR count). The number of hydrogen-bond acceptors (Lipinski definition) is 9. The standard InChI is InChI=1S/C22H22FN9O/c1-11-27-8-13(9-28-11)33-22-30-20-18(21(31-22)32-5-3-4-12(25)10-32)17-14(7-24)15(23)6-16(26-2)19(17)29-20/h6,8-9,12,26H,3-5,10,25H2,1-2H3,(H,29,30,31). The van der Waals surface area contributed by atoms with Gasteiger partial charge in [-0.15, -0.1) is 0 Å².